The predicted molar refractivity (Wildman–Crippen MR) is 159 cm³/mol. The molecule has 3 atom stereocenters. The second-order valence-corrected chi connectivity index (χ2v) is 12.5. The second kappa shape index (κ2) is 12.5. The molecule has 1 fully saturated rings. The molecule has 0 radical (unpaired) electrons. The third kappa shape index (κ3) is 6.61. The maximum Gasteiger partial charge on any atom is 0.411 e. The summed E-state index contributed by atoms with van der Waals surface area (Å²) in [4.78, 5) is 56.5. The van der Waals surface area contributed by atoms with E-state index in [0.29, 0.717) is 38.8 Å². The van der Waals surface area contributed by atoms with Crippen LogP contribution in [0.5, 0.6) is 0 Å². The van der Waals surface area contributed by atoms with Crippen LogP contribution < -0.4 is 5.32 Å². The molecule has 0 unspecified atom stereocenters. The normalized spacial score (nSPS) is 19.7. The van der Waals surface area contributed by atoms with E-state index in [1.807, 2.05) is 68.4 Å². The molecule has 2 aromatic carbocycles. The quantitative estimate of drug-likeness (QED) is 0.500. The Morgan fingerprint density at radius 3 is 2.17 bits per heavy atom. The van der Waals surface area contributed by atoms with Crippen molar-refractivity contribution in [3.8, 4) is 0 Å². The molecule has 1 saturated heterocycles. The van der Waals surface area contributed by atoms with Crippen LogP contribution in [-0.4, -0.2) is 69.6 Å². The minimum atomic E-state index is -1.06. The Labute approximate surface area is 248 Å². The zero-order valence-electron chi connectivity index (χ0n) is 25.3. The van der Waals surface area contributed by atoms with E-state index in [9.17, 15) is 24.3 Å². The van der Waals surface area contributed by atoms with E-state index in [1.54, 1.807) is 25.7 Å². The molecular formula is C33H43N3O6. The van der Waals surface area contributed by atoms with Crippen molar-refractivity contribution < 1.29 is 29.0 Å². The minimum absolute atomic E-state index is 0.180. The lowest BCUT2D eigenvalue weighted by Gasteiger charge is -2.44. The van der Waals surface area contributed by atoms with E-state index in [1.165, 1.54) is 4.90 Å². The molecule has 9 nitrogen and oxygen atoms in total. The van der Waals surface area contributed by atoms with Crippen molar-refractivity contribution in [3.63, 3.8) is 0 Å². The molecule has 0 aromatic heterocycles. The van der Waals surface area contributed by atoms with Gasteiger partial charge in [-0.25, -0.2) is 9.59 Å². The Kier molecular flexibility index (Phi) is 9.28. The number of hydrogen-bond acceptors (Lipinski definition) is 5. The molecule has 0 saturated carbocycles. The number of nitrogens with one attached hydrogen (secondary N) is 1. The van der Waals surface area contributed by atoms with Gasteiger partial charge in [0, 0.05) is 19.5 Å². The zero-order chi connectivity index (χ0) is 30.7. The summed E-state index contributed by atoms with van der Waals surface area (Å²) < 4.78 is 5.68. The van der Waals surface area contributed by atoms with Gasteiger partial charge in [-0.1, -0.05) is 74.9 Å². The van der Waals surface area contributed by atoms with Gasteiger partial charge in [0.1, 0.15) is 17.7 Å². The van der Waals surface area contributed by atoms with Crippen molar-refractivity contribution in [1.29, 1.82) is 0 Å². The molecule has 2 aliphatic heterocycles. The first-order chi connectivity index (χ1) is 19.9. The number of carbonyl (C=O) groups excluding carboxylic acids is 3. The molecule has 0 aliphatic carbocycles. The fraction of sp³-hybridized carbons (Fsp3) is 0.515. The number of aliphatic carboxylic acids is 1. The number of hydrogen-bond donors (Lipinski definition) is 2. The molecule has 0 spiro atoms. The molecule has 0 bridgehead atoms. The first-order valence-electron chi connectivity index (χ1n) is 14.8. The number of rotatable bonds is 7. The van der Waals surface area contributed by atoms with Gasteiger partial charge in [-0.2, -0.15) is 0 Å². The van der Waals surface area contributed by atoms with Crippen molar-refractivity contribution in [2.45, 2.75) is 89.9 Å². The highest BCUT2D eigenvalue weighted by atomic mass is 16.6. The standard InChI is InChI=1S/C33H43N3O6/c1-6-22(2)27(29(38)39)34-30(40)33(25-14-8-7-9-15-25)16-18-35(19-17-33)28(37)26-20-23-12-10-11-13-24(23)21-36(26)31(41)42-32(3,4)5/h7-15,22,26-27H,6,16-21H2,1-5H3,(H,34,40)(H,38,39)/t22-,26+,27-/m0/s1. The fourth-order valence-electron chi connectivity index (χ4n) is 5.94. The summed E-state index contributed by atoms with van der Waals surface area (Å²) in [6.45, 7) is 9.98. The van der Waals surface area contributed by atoms with E-state index in [2.05, 4.69) is 5.32 Å². The van der Waals surface area contributed by atoms with Gasteiger partial charge in [-0.3, -0.25) is 14.5 Å². The molecule has 3 amide bonds. The van der Waals surface area contributed by atoms with Crippen molar-refractivity contribution in [2.75, 3.05) is 13.1 Å². The van der Waals surface area contributed by atoms with E-state index >= 15 is 0 Å². The van der Waals surface area contributed by atoms with Crippen LogP contribution in [0.4, 0.5) is 4.79 Å². The Balaban J connectivity index is 1.58. The monoisotopic (exact) mass is 577 g/mol. The fourth-order valence-corrected chi connectivity index (χ4v) is 5.94. The average molecular weight is 578 g/mol. The molecule has 2 N–H and O–H groups in total. The van der Waals surface area contributed by atoms with Crippen LogP contribution in [0.2, 0.25) is 0 Å². The molecule has 2 aliphatic rings. The van der Waals surface area contributed by atoms with Gasteiger partial charge in [-0.05, 0) is 56.2 Å². The van der Waals surface area contributed by atoms with E-state index in [-0.39, 0.29) is 24.3 Å². The highest BCUT2D eigenvalue weighted by Crippen LogP contribution is 2.37. The van der Waals surface area contributed by atoms with E-state index in [0.717, 1.165) is 16.7 Å². The lowest BCUT2D eigenvalue weighted by atomic mass is 9.71. The Hall–Kier alpha value is -3.88. The number of nitrogens with zero attached hydrogens (tertiary/aromatic N) is 2. The molecular weight excluding hydrogens is 534 g/mol. The van der Waals surface area contributed by atoms with Gasteiger partial charge in [0.2, 0.25) is 11.8 Å². The van der Waals surface area contributed by atoms with Gasteiger partial charge >= 0.3 is 12.1 Å². The lowest BCUT2D eigenvalue weighted by Crippen LogP contribution is -2.59. The Morgan fingerprint density at radius 2 is 1.60 bits per heavy atom. The number of likely N-dealkylation sites (tertiary alicyclic amines) is 1. The summed E-state index contributed by atoms with van der Waals surface area (Å²) in [5.41, 5.74) is 1.11. The number of fused-ring (bicyclic) bond motifs is 1. The SMILES string of the molecule is CC[C@H](C)[C@H](NC(=O)C1(c2ccccc2)CCN(C(=O)[C@H]2Cc3ccccc3CN2C(=O)OC(C)(C)C)CC1)C(=O)O. The van der Waals surface area contributed by atoms with Gasteiger partial charge in [0.05, 0.1) is 12.0 Å². The average Bonchev–Trinajstić information content (AvgIpc) is 2.97. The molecule has 2 heterocycles. The minimum Gasteiger partial charge on any atom is -0.480 e. The van der Waals surface area contributed by atoms with Gasteiger partial charge in [0.15, 0.2) is 0 Å². The van der Waals surface area contributed by atoms with Gasteiger partial charge in [0.25, 0.3) is 0 Å². The maximum absolute atomic E-state index is 14.1. The predicted octanol–water partition coefficient (Wildman–Crippen LogP) is 4.52. The number of carboxylic acids is 1. The van der Waals surface area contributed by atoms with Crippen LogP contribution in [0.25, 0.3) is 0 Å². The smallest absolute Gasteiger partial charge is 0.411 e. The van der Waals surface area contributed by atoms with Crippen molar-refractivity contribution >= 4 is 23.9 Å². The largest absolute Gasteiger partial charge is 0.480 e. The van der Waals surface area contributed by atoms with Crippen molar-refractivity contribution in [3.05, 3.63) is 71.3 Å². The lowest BCUT2D eigenvalue weighted by molar-refractivity contribution is -0.145. The number of ether oxygens (including phenoxy) is 1. The summed E-state index contributed by atoms with van der Waals surface area (Å²) in [7, 11) is 0. The first-order valence-corrected chi connectivity index (χ1v) is 14.8. The summed E-state index contributed by atoms with van der Waals surface area (Å²) in [6, 6.07) is 15.4. The van der Waals surface area contributed by atoms with Crippen LogP contribution >= 0.6 is 0 Å². The van der Waals surface area contributed by atoms with Crippen molar-refractivity contribution in [1.82, 2.24) is 15.1 Å². The van der Waals surface area contributed by atoms with E-state index in [4.69, 9.17) is 4.74 Å². The number of piperidine rings is 1. The van der Waals surface area contributed by atoms with Gasteiger partial charge in [-0.15, -0.1) is 0 Å². The number of carboxylic acid groups (broad SMARTS) is 1. The van der Waals surface area contributed by atoms with Crippen LogP contribution in [0.1, 0.15) is 70.6 Å². The molecule has 226 valence electrons. The highest BCUT2D eigenvalue weighted by Gasteiger charge is 2.47. The molecule has 9 heteroatoms. The Bertz CT molecular complexity index is 1300. The third-order valence-electron chi connectivity index (χ3n) is 8.62. The van der Waals surface area contributed by atoms with Crippen LogP contribution in [0.15, 0.2) is 54.6 Å². The third-order valence-corrected chi connectivity index (χ3v) is 8.62. The highest BCUT2D eigenvalue weighted by molar-refractivity contribution is 5.92. The molecule has 2 aromatic rings. The summed E-state index contributed by atoms with van der Waals surface area (Å²) >= 11 is 0. The zero-order valence-corrected chi connectivity index (χ0v) is 25.3. The molecule has 42 heavy (non-hydrogen) atoms. The maximum atomic E-state index is 14.1. The topological polar surface area (TPSA) is 116 Å². The second-order valence-electron chi connectivity index (χ2n) is 12.5. The van der Waals surface area contributed by atoms with Crippen molar-refractivity contribution in [2.24, 2.45) is 5.92 Å². The summed E-state index contributed by atoms with van der Waals surface area (Å²) in [6.07, 6.45) is 1.12. The first kappa shape index (κ1) is 31.1. The number of benzene rings is 2. The van der Waals surface area contributed by atoms with Crippen LogP contribution in [0.3, 0.4) is 0 Å². The Morgan fingerprint density at radius 1 is 1.00 bits per heavy atom. The summed E-state index contributed by atoms with van der Waals surface area (Å²) in [5.74, 6) is -1.82. The van der Waals surface area contributed by atoms with Crippen LogP contribution in [-0.2, 0) is 37.5 Å². The number of carbonyl (C=O) groups is 4. The van der Waals surface area contributed by atoms with Crippen LogP contribution in [0, 0.1) is 5.92 Å². The molecule has 4 rings (SSSR count). The summed E-state index contributed by atoms with van der Waals surface area (Å²) in [5, 5.41) is 12.7. The van der Waals surface area contributed by atoms with E-state index < -0.39 is 35.2 Å². The van der Waals surface area contributed by atoms with Gasteiger partial charge < -0.3 is 20.1 Å². The number of amides is 3.